The van der Waals surface area contributed by atoms with Gasteiger partial charge in [-0.15, -0.1) is 0 Å². The van der Waals surface area contributed by atoms with Gasteiger partial charge in [0.15, 0.2) is 11.5 Å². The van der Waals surface area contributed by atoms with Crippen molar-refractivity contribution in [1.29, 1.82) is 0 Å². The third-order valence-corrected chi connectivity index (χ3v) is 2.95. The zero-order valence-electron chi connectivity index (χ0n) is 12.2. The summed E-state index contributed by atoms with van der Waals surface area (Å²) in [6.07, 6.45) is 1.57. The minimum atomic E-state index is -2.89. The van der Waals surface area contributed by atoms with Gasteiger partial charge in [0.2, 0.25) is 0 Å². The molecule has 0 bridgehead atoms. The van der Waals surface area contributed by atoms with Crippen LogP contribution in [0.15, 0.2) is 47.6 Å². The summed E-state index contributed by atoms with van der Waals surface area (Å²) in [7, 11) is 1.39. The lowest BCUT2D eigenvalue weighted by atomic mass is 10.2. The number of hydrogen-bond acceptors (Lipinski definition) is 4. The number of hydrazone groups is 1. The summed E-state index contributed by atoms with van der Waals surface area (Å²) in [5.74, 6) is 0.210. The van der Waals surface area contributed by atoms with Crippen LogP contribution < -0.4 is 14.9 Å². The number of benzene rings is 2. The SMILES string of the molecule is COc1cc(/C=N\Nc2ccccc2C)ccc1OC(F)F. The van der Waals surface area contributed by atoms with Crippen LogP contribution in [0.2, 0.25) is 0 Å². The highest BCUT2D eigenvalue weighted by molar-refractivity contribution is 5.81. The summed E-state index contributed by atoms with van der Waals surface area (Å²) in [4.78, 5) is 0. The van der Waals surface area contributed by atoms with E-state index in [1.807, 2.05) is 31.2 Å². The van der Waals surface area contributed by atoms with Crippen molar-refractivity contribution in [1.82, 2.24) is 0 Å². The number of halogens is 2. The fraction of sp³-hybridized carbons (Fsp3) is 0.188. The molecule has 116 valence electrons. The Morgan fingerprint density at radius 3 is 2.59 bits per heavy atom. The average molecular weight is 306 g/mol. The molecule has 22 heavy (non-hydrogen) atoms. The lowest BCUT2D eigenvalue weighted by Crippen LogP contribution is -2.03. The number of ether oxygens (including phenoxy) is 2. The van der Waals surface area contributed by atoms with Crippen LogP contribution in [0, 0.1) is 6.92 Å². The van der Waals surface area contributed by atoms with Crippen LogP contribution in [-0.4, -0.2) is 19.9 Å². The number of hydrogen-bond donors (Lipinski definition) is 1. The van der Waals surface area contributed by atoms with Crippen molar-refractivity contribution < 1.29 is 18.3 Å². The normalized spacial score (nSPS) is 11.0. The Hall–Kier alpha value is -2.63. The standard InChI is InChI=1S/C16H16F2N2O2/c1-11-5-3-4-6-13(11)20-19-10-12-7-8-14(22-16(17)18)15(9-12)21-2/h3-10,16,20H,1-2H3/b19-10-. The molecule has 0 spiro atoms. The van der Waals surface area contributed by atoms with E-state index < -0.39 is 6.61 Å². The van der Waals surface area contributed by atoms with Crippen molar-refractivity contribution in [2.24, 2.45) is 5.10 Å². The van der Waals surface area contributed by atoms with Gasteiger partial charge in [-0.25, -0.2) is 0 Å². The summed E-state index contributed by atoms with van der Waals surface area (Å²) in [5, 5.41) is 4.12. The summed E-state index contributed by atoms with van der Waals surface area (Å²) in [6, 6.07) is 12.3. The van der Waals surface area contributed by atoms with Gasteiger partial charge < -0.3 is 9.47 Å². The van der Waals surface area contributed by atoms with E-state index in [1.165, 1.54) is 13.2 Å². The lowest BCUT2D eigenvalue weighted by Gasteiger charge is -2.10. The van der Waals surface area contributed by atoms with Crippen molar-refractivity contribution in [3.05, 3.63) is 53.6 Å². The molecule has 2 rings (SSSR count). The van der Waals surface area contributed by atoms with Crippen molar-refractivity contribution in [3.8, 4) is 11.5 Å². The minimum Gasteiger partial charge on any atom is -0.493 e. The van der Waals surface area contributed by atoms with Crippen molar-refractivity contribution in [2.45, 2.75) is 13.5 Å². The molecule has 2 aromatic rings. The first-order valence-electron chi connectivity index (χ1n) is 6.57. The molecule has 0 unspecified atom stereocenters. The Bertz CT molecular complexity index is 660. The molecular weight excluding hydrogens is 290 g/mol. The Kier molecular flexibility index (Phi) is 5.30. The molecule has 0 saturated heterocycles. The molecule has 4 nitrogen and oxygen atoms in total. The number of nitrogens with one attached hydrogen (secondary N) is 1. The van der Waals surface area contributed by atoms with E-state index in [-0.39, 0.29) is 11.5 Å². The molecule has 2 aromatic carbocycles. The van der Waals surface area contributed by atoms with E-state index in [1.54, 1.807) is 18.3 Å². The van der Waals surface area contributed by atoms with Gasteiger partial charge in [0.1, 0.15) is 0 Å². The maximum Gasteiger partial charge on any atom is 0.387 e. The van der Waals surface area contributed by atoms with E-state index in [0.717, 1.165) is 11.3 Å². The van der Waals surface area contributed by atoms with Crippen LogP contribution >= 0.6 is 0 Å². The van der Waals surface area contributed by atoms with Crippen LogP contribution in [-0.2, 0) is 0 Å². The van der Waals surface area contributed by atoms with Gasteiger partial charge in [-0.3, -0.25) is 5.43 Å². The first-order chi connectivity index (χ1) is 10.6. The molecule has 0 atom stereocenters. The van der Waals surface area contributed by atoms with E-state index in [0.29, 0.717) is 5.56 Å². The maximum absolute atomic E-state index is 12.3. The molecular formula is C16H16F2N2O2. The molecule has 0 aliphatic rings. The van der Waals surface area contributed by atoms with Gasteiger partial charge in [-0.1, -0.05) is 18.2 Å². The largest absolute Gasteiger partial charge is 0.493 e. The molecule has 0 fully saturated rings. The molecule has 0 aromatic heterocycles. The number of anilines is 1. The fourth-order valence-electron chi connectivity index (χ4n) is 1.83. The number of rotatable bonds is 6. The van der Waals surface area contributed by atoms with Crippen LogP contribution in [0.25, 0.3) is 0 Å². The maximum atomic E-state index is 12.3. The van der Waals surface area contributed by atoms with E-state index in [2.05, 4.69) is 15.3 Å². The Morgan fingerprint density at radius 2 is 1.91 bits per heavy atom. The van der Waals surface area contributed by atoms with Gasteiger partial charge in [0.05, 0.1) is 19.0 Å². The van der Waals surface area contributed by atoms with E-state index >= 15 is 0 Å². The third kappa shape index (κ3) is 4.18. The van der Waals surface area contributed by atoms with E-state index in [9.17, 15) is 8.78 Å². The lowest BCUT2D eigenvalue weighted by molar-refractivity contribution is -0.0512. The highest BCUT2D eigenvalue weighted by atomic mass is 19.3. The summed E-state index contributed by atoms with van der Waals surface area (Å²) >= 11 is 0. The van der Waals surface area contributed by atoms with Crippen LogP contribution in [0.3, 0.4) is 0 Å². The monoisotopic (exact) mass is 306 g/mol. The number of alkyl halides is 2. The van der Waals surface area contributed by atoms with Gasteiger partial charge in [0.25, 0.3) is 0 Å². The van der Waals surface area contributed by atoms with Gasteiger partial charge in [-0.05, 0) is 42.3 Å². The van der Waals surface area contributed by atoms with E-state index in [4.69, 9.17) is 4.74 Å². The summed E-state index contributed by atoms with van der Waals surface area (Å²) < 4.78 is 33.9. The summed E-state index contributed by atoms with van der Waals surface area (Å²) in [5.41, 5.74) is 5.58. The molecule has 0 amide bonds. The average Bonchev–Trinajstić information content (AvgIpc) is 2.50. The number of aryl methyl sites for hydroxylation is 1. The predicted molar refractivity (Wildman–Crippen MR) is 82.0 cm³/mol. The zero-order chi connectivity index (χ0) is 15.9. The molecule has 0 aliphatic carbocycles. The van der Waals surface area contributed by atoms with Crippen molar-refractivity contribution >= 4 is 11.9 Å². The zero-order valence-corrected chi connectivity index (χ0v) is 12.2. The van der Waals surface area contributed by atoms with Crippen LogP contribution in [0.4, 0.5) is 14.5 Å². The second kappa shape index (κ2) is 7.40. The Labute approximate surface area is 127 Å². The number of nitrogens with zero attached hydrogens (tertiary/aromatic N) is 1. The van der Waals surface area contributed by atoms with Crippen LogP contribution in [0.1, 0.15) is 11.1 Å². The molecule has 0 heterocycles. The van der Waals surface area contributed by atoms with Gasteiger partial charge in [0, 0.05) is 0 Å². The number of methoxy groups -OCH3 is 1. The smallest absolute Gasteiger partial charge is 0.387 e. The molecule has 0 radical (unpaired) electrons. The predicted octanol–water partition coefficient (Wildman–Crippen LogP) is 4.05. The van der Waals surface area contributed by atoms with Crippen LogP contribution in [0.5, 0.6) is 11.5 Å². The van der Waals surface area contributed by atoms with Gasteiger partial charge in [-0.2, -0.15) is 13.9 Å². The van der Waals surface area contributed by atoms with Gasteiger partial charge >= 0.3 is 6.61 Å². The highest BCUT2D eigenvalue weighted by Gasteiger charge is 2.10. The molecule has 0 saturated carbocycles. The van der Waals surface area contributed by atoms with Crippen molar-refractivity contribution in [2.75, 3.05) is 12.5 Å². The highest BCUT2D eigenvalue weighted by Crippen LogP contribution is 2.28. The first-order valence-corrected chi connectivity index (χ1v) is 6.57. The summed E-state index contributed by atoms with van der Waals surface area (Å²) in [6.45, 7) is -0.923. The second-order valence-electron chi connectivity index (χ2n) is 4.47. The Morgan fingerprint density at radius 1 is 1.14 bits per heavy atom. The molecule has 6 heteroatoms. The molecule has 0 aliphatic heterocycles. The Balaban J connectivity index is 2.09. The minimum absolute atomic E-state index is 0.0125. The quantitative estimate of drug-likeness (QED) is 0.646. The fourth-order valence-corrected chi connectivity index (χ4v) is 1.83. The number of para-hydroxylation sites is 1. The second-order valence-corrected chi connectivity index (χ2v) is 4.47. The first kappa shape index (κ1) is 15.8. The third-order valence-electron chi connectivity index (χ3n) is 2.95. The topological polar surface area (TPSA) is 42.8 Å². The molecule has 1 N–H and O–H groups in total. The van der Waals surface area contributed by atoms with Crippen molar-refractivity contribution in [3.63, 3.8) is 0 Å².